The lowest BCUT2D eigenvalue weighted by molar-refractivity contribution is -0.140. The van der Waals surface area contributed by atoms with Crippen molar-refractivity contribution in [3.05, 3.63) is 93.0 Å². The molecule has 41 heavy (non-hydrogen) atoms. The van der Waals surface area contributed by atoms with Crippen LogP contribution >= 0.6 is 23.2 Å². The predicted molar refractivity (Wildman–Crippen MR) is 166 cm³/mol. The minimum Gasteiger partial charge on any atom is -0.354 e. The van der Waals surface area contributed by atoms with E-state index in [4.69, 9.17) is 23.2 Å². The Morgan fingerprint density at radius 3 is 2.15 bits per heavy atom. The Balaban J connectivity index is 2.11. The Hall–Kier alpha value is -3.07. The molecular weight excluding hydrogens is 581 g/mol. The molecule has 0 aliphatic carbocycles. The van der Waals surface area contributed by atoms with E-state index in [0.717, 1.165) is 21.9 Å². The molecule has 3 rings (SSSR count). The van der Waals surface area contributed by atoms with Crippen LogP contribution in [0.15, 0.2) is 65.6 Å². The van der Waals surface area contributed by atoms with Gasteiger partial charge in [-0.05, 0) is 80.6 Å². The summed E-state index contributed by atoms with van der Waals surface area (Å²) < 4.78 is 29.3. The van der Waals surface area contributed by atoms with E-state index in [2.05, 4.69) is 5.32 Å². The summed E-state index contributed by atoms with van der Waals surface area (Å²) in [5.41, 5.74) is 3.52. The van der Waals surface area contributed by atoms with Crippen LogP contribution in [0.3, 0.4) is 0 Å². The summed E-state index contributed by atoms with van der Waals surface area (Å²) in [7, 11) is -4.14. The number of carbonyl (C=O) groups is 2. The van der Waals surface area contributed by atoms with Crippen molar-refractivity contribution in [1.29, 1.82) is 0 Å². The lowest BCUT2D eigenvalue weighted by Crippen LogP contribution is -2.52. The maximum absolute atomic E-state index is 14.2. The zero-order valence-corrected chi connectivity index (χ0v) is 26.4. The van der Waals surface area contributed by atoms with E-state index in [0.29, 0.717) is 39.8 Å². The molecule has 0 aliphatic heterocycles. The third kappa shape index (κ3) is 8.03. The smallest absolute Gasteiger partial charge is 0.264 e. The van der Waals surface area contributed by atoms with Crippen LogP contribution in [0.25, 0.3) is 0 Å². The van der Waals surface area contributed by atoms with Gasteiger partial charge in [0.25, 0.3) is 10.0 Å². The molecule has 0 radical (unpaired) electrons. The fourth-order valence-corrected chi connectivity index (χ4v) is 6.25. The molecule has 0 fully saturated rings. The summed E-state index contributed by atoms with van der Waals surface area (Å²) in [5, 5.41) is 3.56. The molecule has 0 saturated heterocycles. The maximum atomic E-state index is 14.2. The quantitative estimate of drug-likeness (QED) is 0.253. The number of hydrogen-bond donors (Lipinski definition) is 1. The summed E-state index contributed by atoms with van der Waals surface area (Å²) in [6.07, 6.45) is 1.06. The van der Waals surface area contributed by atoms with Crippen LogP contribution in [0.4, 0.5) is 5.69 Å². The molecule has 10 heteroatoms. The number of rotatable bonds is 12. The third-order valence-electron chi connectivity index (χ3n) is 6.79. The summed E-state index contributed by atoms with van der Waals surface area (Å²) in [4.78, 5) is 28.9. The Kier molecular flexibility index (Phi) is 11.2. The normalized spacial score (nSPS) is 12.1. The zero-order chi connectivity index (χ0) is 30.3. The van der Waals surface area contributed by atoms with Gasteiger partial charge in [-0.1, -0.05) is 72.9 Å². The number of nitrogens with zero attached hydrogens (tertiary/aromatic N) is 2. The highest BCUT2D eigenvalue weighted by molar-refractivity contribution is 7.92. The number of anilines is 1. The Morgan fingerprint density at radius 2 is 1.54 bits per heavy atom. The SMILES string of the molecule is CCCNC(=O)C(CC)N(Cc1ccc(Cl)c(Cl)c1)C(=O)CN(c1cc(C)ccc1C)S(=O)(=O)c1ccc(C)cc1. The van der Waals surface area contributed by atoms with E-state index in [9.17, 15) is 18.0 Å². The standard InChI is InChI=1S/C31H37Cl2N3O4S/c1-6-16-34-31(38)28(7-2)35(19-24-12-15-26(32)27(33)18-24)30(37)20-36(29-17-22(4)8-11-23(29)5)41(39,40)25-13-9-21(3)10-14-25/h8-15,17-18,28H,6-7,16,19-20H2,1-5H3,(H,34,38). The van der Waals surface area contributed by atoms with Crippen molar-refractivity contribution in [2.24, 2.45) is 0 Å². The van der Waals surface area contributed by atoms with Gasteiger partial charge in [-0.15, -0.1) is 0 Å². The first-order valence-electron chi connectivity index (χ1n) is 13.6. The molecule has 2 amide bonds. The van der Waals surface area contributed by atoms with Crippen molar-refractivity contribution in [1.82, 2.24) is 10.2 Å². The highest BCUT2D eigenvalue weighted by Gasteiger charge is 2.34. The number of hydrogen-bond acceptors (Lipinski definition) is 4. The first kappa shape index (κ1) is 32.4. The van der Waals surface area contributed by atoms with Gasteiger partial charge in [0.1, 0.15) is 12.6 Å². The third-order valence-corrected chi connectivity index (χ3v) is 9.31. The molecule has 3 aromatic carbocycles. The number of aryl methyl sites for hydroxylation is 3. The molecule has 0 aromatic heterocycles. The number of benzene rings is 3. The fourth-order valence-electron chi connectivity index (χ4n) is 4.46. The van der Waals surface area contributed by atoms with E-state index < -0.39 is 28.5 Å². The van der Waals surface area contributed by atoms with Gasteiger partial charge in [-0.3, -0.25) is 13.9 Å². The van der Waals surface area contributed by atoms with E-state index in [-0.39, 0.29) is 17.3 Å². The van der Waals surface area contributed by atoms with Crippen molar-refractivity contribution in [3.8, 4) is 0 Å². The summed E-state index contributed by atoms with van der Waals surface area (Å²) >= 11 is 12.4. The average Bonchev–Trinajstić information content (AvgIpc) is 2.93. The highest BCUT2D eigenvalue weighted by Crippen LogP contribution is 2.29. The molecule has 0 bridgehead atoms. The maximum Gasteiger partial charge on any atom is 0.264 e. The van der Waals surface area contributed by atoms with Gasteiger partial charge in [-0.2, -0.15) is 0 Å². The molecule has 0 heterocycles. The Morgan fingerprint density at radius 1 is 0.878 bits per heavy atom. The van der Waals surface area contributed by atoms with Gasteiger partial charge in [0.05, 0.1) is 20.6 Å². The minimum absolute atomic E-state index is 0.0407. The van der Waals surface area contributed by atoms with Gasteiger partial charge in [0.2, 0.25) is 11.8 Å². The molecule has 1 atom stereocenters. The van der Waals surface area contributed by atoms with Crippen molar-refractivity contribution < 1.29 is 18.0 Å². The summed E-state index contributed by atoms with van der Waals surface area (Å²) in [6.45, 7) is 9.30. The van der Waals surface area contributed by atoms with E-state index >= 15 is 0 Å². The Labute approximate surface area is 253 Å². The average molecular weight is 619 g/mol. The van der Waals surface area contributed by atoms with Gasteiger partial charge < -0.3 is 10.2 Å². The van der Waals surface area contributed by atoms with Crippen LogP contribution in [0.5, 0.6) is 0 Å². The first-order valence-corrected chi connectivity index (χ1v) is 15.8. The van der Waals surface area contributed by atoms with Gasteiger partial charge in [0.15, 0.2) is 0 Å². The molecule has 7 nitrogen and oxygen atoms in total. The molecule has 3 aromatic rings. The zero-order valence-electron chi connectivity index (χ0n) is 24.1. The second kappa shape index (κ2) is 14.2. The van der Waals surface area contributed by atoms with Crippen molar-refractivity contribution in [2.45, 2.75) is 64.9 Å². The molecule has 1 N–H and O–H groups in total. The lowest BCUT2D eigenvalue weighted by Gasteiger charge is -2.33. The highest BCUT2D eigenvalue weighted by atomic mass is 35.5. The number of nitrogens with one attached hydrogen (secondary N) is 1. The Bertz CT molecular complexity index is 1490. The van der Waals surface area contributed by atoms with Crippen molar-refractivity contribution in [2.75, 3.05) is 17.4 Å². The van der Waals surface area contributed by atoms with Gasteiger partial charge >= 0.3 is 0 Å². The van der Waals surface area contributed by atoms with E-state index in [1.165, 1.54) is 17.0 Å². The van der Waals surface area contributed by atoms with Crippen molar-refractivity contribution in [3.63, 3.8) is 0 Å². The molecule has 220 valence electrons. The topological polar surface area (TPSA) is 86.8 Å². The number of sulfonamides is 1. The second-order valence-corrected chi connectivity index (χ2v) is 12.8. The summed E-state index contributed by atoms with van der Waals surface area (Å²) in [5.74, 6) is -0.825. The van der Waals surface area contributed by atoms with E-state index in [1.807, 2.05) is 39.8 Å². The first-order chi connectivity index (χ1) is 19.4. The van der Waals surface area contributed by atoms with Crippen LogP contribution in [-0.2, 0) is 26.2 Å². The van der Waals surface area contributed by atoms with Crippen LogP contribution in [0.2, 0.25) is 10.0 Å². The number of carbonyl (C=O) groups excluding carboxylic acids is 2. The largest absolute Gasteiger partial charge is 0.354 e. The minimum atomic E-state index is -4.14. The molecule has 0 spiro atoms. The lowest BCUT2D eigenvalue weighted by atomic mass is 10.1. The van der Waals surface area contributed by atoms with Crippen molar-refractivity contribution >= 4 is 50.7 Å². The molecule has 0 aliphatic rings. The predicted octanol–water partition coefficient (Wildman–Crippen LogP) is 6.45. The molecule has 1 unspecified atom stereocenters. The summed E-state index contributed by atoms with van der Waals surface area (Å²) in [6, 6.07) is 16.2. The van der Waals surface area contributed by atoms with Crippen LogP contribution in [0.1, 0.15) is 48.9 Å². The van der Waals surface area contributed by atoms with Crippen LogP contribution < -0.4 is 9.62 Å². The molecule has 0 saturated carbocycles. The van der Waals surface area contributed by atoms with Gasteiger partial charge in [-0.25, -0.2) is 8.42 Å². The van der Waals surface area contributed by atoms with E-state index in [1.54, 1.807) is 43.3 Å². The number of halogens is 2. The fraction of sp³-hybridized carbons (Fsp3) is 0.355. The second-order valence-electron chi connectivity index (χ2n) is 10.1. The van der Waals surface area contributed by atoms with Gasteiger partial charge in [0, 0.05) is 13.1 Å². The molecular formula is C31H37Cl2N3O4S. The van der Waals surface area contributed by atoms with Crippen LogP contribution in [0, 0.1) is 20.8 Å². The monoisotopic (exact) mass is 617 g/mol. The van der Waals surface area contributed by atoms with Crippen LogP contribution in [-0.4, -0.2) is 44.3 Å². The number of amides is 2.